The largest absolute Gasteiger partial charge is 0.550 e. The Labute approximate surface area is 228 Å². The molecule has 0 aromatic heterocycles. The maximum Gasteiger partial charge on any atom is 0.310 e. The molecule has 4 bridgehead atoms. The summed E-state index contributed by atoms with van der Waals surface area (Å²) in [4.78, 5) is 53.5. The third-order valence-corrected chi connectivity index (χ3v) is 9.00. The van der Waals surface area contributed by atoms with Gasteiger partial charge in [0, 0.05) is 38.1 Å². The molecule has 39 heavy (non-hydrogen) atoms. The number of aliphatic carboxylic acids is 2. The number of carbonyl (C=O) groups excluding carboxylic acids is 3. The van der Waals surface area contributed by atoms with Crippen molar-refractivity contribution in [2.24, 2.45) is 23.7 Å². The van der Waals surface area contributed by atoms with Crippen LogP contribution in [-0.2, 0) is 28.7 Å². The monoisotopic (exact) mass is 546 g/mol. The lowest BCUT2D eigenvalue weighted by Crippen LogP contribution is -2.58. The predicted octanol–water partition coefficient (Wildman–Crippen LogP) is -2.36. The number of amides is 2. The number of likely N-dealkylation sites (N-methyl/N-ethyl adjacent to an activating group) is 2. The van der Waals surface area contributed by atoms with Crippen molar-refractivity contribution in [1.29, 1.82) is 0 Å². The molecule has 4 saturated heterocycles. The van der Waals surface area contributed by atoms with Crippen LogP contribution in [0.5, 0.6) is 0 Å². The highest BCUT2D eigenvalue weighted by atomic mass is 16.5. The van der Waals surface area contributed by atoms with Crippen LogP contribution in [0.25, 0.3) is 0 Å². The normalized spacial score (nSPS) is 38.0. The summed E-state index contributed by atoms with van der Waals surface area (Å²) in [5.41, 5.74) is 0. The van der Waals surface area contributed by atoms with Crippen LogP contribution < -0.4 is 5.11 Å². The number of carbonyl (C=O) groups is 4. The number of hydrogen-bond donors (Lipinski definition) is 1. The van der Waals surface area contributed by atoms with E-state index in [9.17, 15) is 29.4 Å². The summed E-state index contributed by atoms with van der Waals surface area (Å²) in [6.45, 7) is 6.12. The molecule has 2 amide bonds. The molecule has 0 aromatic carbocycles. The highest BCUT2D eigenvalue weighted by molar-refractivity contribution is 5.88. The van der Waals surface area contributed by atoms with Gasteiger partial charge >= 0.3 is 5.97 Å². The zero-order chi connectivity index (χ0) is 28.1. The molecule has 0 aliphatic carbocycles. The SMILES string of the molecule is CN1CCN(C(=O)C2C(C(=O)O)[C@H]3C=C[C@@H]2O3)CC1.C[N+]1(C)CCN(C(=O)C2C(C(=O)[O-])[C@H]3C=C[C@@H]2O3)CC1. The van der Waals surface area contributed by atoms with Gasteiger partial charge in [0.05, 0.1) is 76.5 Å². The molecule has 1 N–H and O–H groups in total. The first kappa shape index (κ1) is 27.8. The number of quaternary nitrogens is 1. The first-order chi connectivity index (χ1) is 18.5. The zero-order valence-electron chi connectivity index (χ0n) is 22.7. The Morgan fingerprint density at radius 1 is 0.718 bits per heavy atom. The van der Waals surface area contributed by atoms with E-state index in [0.717, 1.165) is 30.7 Å². The number of carboxylic acid groups (broad SMARTS) is 2. The number of carboxylic acids is 2. The molecule has 12 nitrogen and oxygen atoms in total. The van der Waals surface area contributed by atoms with Gasteiger partial charge in [-0.1, -0.05) is 24.3 Å². The van der Waals surface area contributed by atoms with E-state index >= 15 is 0 Å². The Hall–Kier alpha value is -2.80. The molecule has 8 atom stereocenters. The summed E-state index contributed by atoms with van der Waals surface area (Å²) >= 11 is 0. The van der Waals surface area contributed by atoms with Crippen molar-refractivity contribution in [2.75, 3.05) is 73.5 Å². The van der Waals surface area contributed by atoms with E-state index < -0.39 is 53.9 Å². The van der Waals surface area contributed by atoms with Crippen molar-refractivity contribution in [2.45, 2.75) is 24.4 Å². The van der Waals surface area contributed by atoms with E-state index in [1.54, 1.807) is 28.0 Å². The van der Waals surface area contributed by atoms with Gasteiger partial charge in [0.2, 0.25) is 11.8 Å². The lowest BCUT2D eigenvalue weighted by Gasteiger charge is -2.40. The average molecular weight is 547 g/mol. The Bertz CT molecular complexity index is 1060. The molecular formula is C27H38N4O8. The van der Waals surface area contributed by atoms with Gasteiger partial charge in [0.25, 0.3) is 0 Å². The number of nitrogens with zero attached hydrogens (tertiary/aromatic N) is 4. The summed E-state index contributed by atoms with van der Waals surface area (Å²) in [6.07, 6.45) is 5.40. The number of hydrogen-bond acceptors (Lipinski definition) is 8. The molecule has 6 heterocycles. The van der Waals surface area contributed by atoms with Crippen LogP contribution in [-0.4, -0.2) is 146 Å². The fraction of sp³-hybridized carbons (Fsp3) is 0.704. The average Bonchev–Trinajstić information content (AvgIpc) is 3.69. The molecule has 4 fully saturated rings. The molecule has 214 valence electrons. The maximum atomic E-state index is 12.6. The number of piperazine rings is 2. The van der Waals surface area contributed by atoms with Crippen molar-refractivity contribution in [3.63, 3.8) is 0 Å². The van der Waals surface area contributed by atoms with Crippen LogP contribution in [0.4, 0.5) is 0 Å². The first-order valence-electron chi connectivity index (χ1n) is 13.7. The minimum absolute atomic E-state index is 0.0719. The van der Waals surface area contributed by atoms with Gasteiger partial charge in [-0.25, -0.2) is 0 Å². The van der Waals surface area contributed by atoms with Crippen LogP contribution in [0, 0.1) is 23.7 Å². The van der Waals surface area contributed by atoms with Gasteiger partial charge in [-0.15, -0.1) is 0 Å². The summed E-state index contributed by atoms with van der Waals surface area (Å²) < 4.78 is 12.0. The van der Waals surface area contributed by atoms with Crippen molar-refractivity contribution in [1.82, 2.24) is 14.7 Å². The molecule has 6 rings (SSSR count). The highest BCUT2D eigenvalue weighted by Crippen LogP contribution is 2.41. The standard InChI is InChI=1S/C14H20N2O4.C13H18N2O4/c1-16(2)7-5-15(6-8-16)13(17)11-9-3-4-10(20-9)12(11)14(18)19;1-14-4-6-15(7-5-14)12(16)10-8-2-3-9(19-8)11(10)13(17)18/h3-4,9-12H,5-8H2,1-2H3;2-3,8-11H,4-7H2,1H3,(H,17,18)/t9-,10+,11?,12?;8-,9+,10?,11?/m00/s1. The van der Waals surface area contributed by atoms with Gasteiger partial charge in [-0.3, -0.25) is 14.4 Å². The van der Waals surface area contributed by atoms with E-state index in [0.29, 0.717) is 26.2 Å². The van der Waals surface area contributed by atoms with E-state index in [1.807, 2.05) is 13.1 Å². The van der Waals surface area contributed by atoms with Crippen LogP contribution in [0.1, 0.15) is 0 Å². The molecule has 0 saturated carbocycles. The van der Waals surface area contributed by atoms with Crippen molar-refractivity contribution in [3.8, 4) is 0 Å². The minimum atomic E-state index is -1.19. The maximum absolute atomic E-state index is 12.6. The third-order valence-electron chi connectivity index (χ3n) is 9.00. The number of fused-ring (bicyclic) bond motifs is 4. The lowest BCUT2D eigenvalue weighted by atomic mass is 9.82. The summed E-state index contributed by atoms with van der Waals surface area (Å²) in [6, 6.07) is 0. The molecule has 0 spiro atoms. The Balaban J connectivity index is 0.000000158. The summed E-state index contributed by atoms with van der Waals surface area (Å²) in [5.74, 6) is -5.06. The Morgan fingerprint density at radius 3 is 1.59 bits per heavy atom. The van der Waals surface area contributed by atoms with E-state index in [4.69, 9.17) is 9.47 Å². The molecular weight excluding hydrogens is 508 g/mol. The van der Waals surface area contributed by atoms with Gasteiger partial charge in [0.1, 0.15) is 5.92 Å². The van der Waals surface area contributed by atoms with Gasteiger partial charge in [0.15, 0.2) is 0 Å². The Kier molecular flexibility index (Phi) is 7.57. The van der Waals surface area contributed by atoms with Crippen molar-refractivity contribution < 1.29 is 43.3 Å². The zero-order valence-corrected chi connectivity index (χ0v) is 22.7. The van der Waals surface area contributed by atoms with E-state index in [2.05, 4.69) is 19.0 Å². The number of ether oxygens (including phenoxy) is 2. The van der Waals surface area contributed by atoms with Crippen molar-refractivity contribution >= 4 is 23.8 Å². The molecule has 0 aromatic rings. The van der Waals surface area contributed by atoms with E-state index in [1.165, 1.54) is 0 Å². The quantitative estimate of drug-likeness (QED) is 0.303. The van der Waals surface area contributed by atoms with Crippen LogP contribution in [0.3, 0.4) is 0 Å². The second-order valence-corrected chi connectivity index (χ2v) is 12.0. The molecule has 6 aliphatic rings. The van der Waals surface area contributed by atoms with Crippen LogP contribution >= 0.6 is 0 Å². The second-order valence-electron chi connectivity index (χ2n) is 12.0. The lowest BCUT2D eigenvalue weighted by molar-refractivity contribution is -0.894. The summed E-state index contributed by atoms with van der Waals surface area (Å²) in [7, 11) is 6.29. The third kappa shape index (κ3) is 5.34. The second kappa shape index (κ2) is 10.6. The Morgan fingerprint density at radius 2 is 1.13 bits per heavy atom. The molecule has 0 radical (unpaired) electrons. The van der Waals surface area contributed by atoms with E-state index in [-0.39, 0.29) is 17.9 Å². The minimum Gasteiger partial charge on any atom is -0.550 e. The van der Waals surface area contributed by atoms with Crippen LogP contribution in [0.15, 0.2) is 24.3 Å². The van der Waals surface area contributed by atoms with Gasteiger partial charge < -0.3 is 43.7 Å². The smallest absolute Gasteiger partial charge is 0.310 e. The van der Waals surface area contributed by atoms with Crippen molar-refractivity contribution in [3.05, 3.63) is 24.3 Å². The summed E-state index contributed by atoms with van der Waals surface area (Å²) in [5, 5.41) is 20.6. The molecule has 6 aliphatic heterocycles. The predicted molar refractivity (Wildman–Crippen MR) is 135 cm³/mol. The molecule has 12 heteroatoms. The van der Waals surface area contributed by atoms with Gasteiger partial charge in [-0.05, 0) is 7.05 Å². The fourth-order valence-corrected chi connectivity index (χ4v) is 6.46. The van der Waals surface area contributed by atoms with Crippen LogP contribution in [0.2, 0.25) is 0 Å². The first-order valence-corrected chi connectivity index (χ1v) is 13.7. The topological polar surface area (TPSA) is 140 Å². The fourth-order valence-electron chi connectivity index (χ4n) is 6.46. The van der Waals surface area contributed by atoms with Gasteiger partial charge in [-0.2, -0.15) is 0 Å². The number of rotatable bonds is 4. The molecule has 4 unspecified atom stereocenters. The highest BCUT2D eigenvalue weighted by Gasteiger charge is 2.54.